The van der Waals surface area contributed by atoms with Gasteiger partial charge in [0.1, 0.15) is 11.8 Å². The topological polar surface area (TPSA) is 68.3 Å². The molecule has 1 amide bonds. The van der Waals surface area contributed by atoms with Crippen LogP contribution >= 0.6 is 0 Å². The zero-order chi connectivity index (χ0) is 19.9. The molecule has 0 saturated carbocycles. The number of aromatic nitrogens is 2. The first kappa shape index (κ1) is 18.2. The average molecular weight is 377 g/mol. The van der Waals surface area contributed by atoms with Gasteiger partial charge in [0.15, 0.2) is 5.43 Å². The molecule has 1 aromatic carbocycles. The van der Waals surface area contributed by atoms with Gasteiger partial charge in [-0.25, -0.2) is 0 Å². The molecule has 144 valence electrons. The zero-order valence-electron chi connectivity index (χ0n) is 16.3. The lowest BCUT2D eigenvalue weighted by molar-refractivity contribution is -0.126. The van der Waals surface area contributed by atoms with Gasteiger partial charge in [-0.2, -0.15) is 5.10 Å². The third kappa shape index (κ3) is 3.26. The van der Waals surface area contributed by atoms with E-state index >= 15 is 0 Å². The van der Waals surface area contributed by atoms with Crippen molar-refractivity contribution in [2.75, 3.05) is 6.54 Å². The lowest BCUT2D eigenvalue weighted by atomic mass is 10.0. The summed E-state index contributed by atoms with van der Waals surface area (Å²) in [7, 11) is 0. The van der Waals surface area contributed by atoms with E-state index in [9.17, 15) is 9.59 Å². The molecule has 3 heterocycles. The fourth-order valence-corrected chi connectivity index (χ4v) is 3.57. The van der Waals surface area contributed by atoms with Crippen LogP contribution < -0.4 is 5.43 Å². The Morgan fingerprint density at radius 1 is 1.25 bits per heavy atom. The molecule has 0 fully saturated rings. The quantitative estimate of drug-likeness (QED) is 0.643. The van der Waals surface area contributed by atoms with E-state index in [1.807, 2.05) is 16.9 Å². The number of carbonyl (C=O) groups is 1. The minimum absolute atomic E-state index is 0.0796. The summed E-state index contributed by atoms with van der Waals surface area (Å²) in [6, 6.07) is 7.08. The molecule has 1 aliphatic heterocycles. The Hall–Kier alpha value is -3.15. The Balaban J connectivity index is 1.53. The van der Waals surface area contributed by atoms with E-state index < -0.39 is 0 Å². The molecule has 4 rings (SSSR count). The van der Waals surface area contributed by atoms with Crippen molar-refractivity contribution in [3.05, 3.63) is 69.8 Å². The molecule has 0 atom stereocenters. The molecule has 6 nitrogen and oxygen atoms in total. The molecule has 0 unspecified atom stereocenters. The molecule has 1 aliphatic rings. The summed E-state index contributed by atoms with van der Waals surface area (Å²) in [4.78, 5) is 26.9. The number of carbonyl (C=O) groups excluding carboxylic acids is 1. The van der Waals surface area contributed by atoms with E-state index in [-0.39, 0.29) is 16.9 Å². The number of hydrogen-bond acceptors (Lipinski definition) is 4. The third-order valence-corrected chi connectivity index (χ3v) is 4.99. The Labute approximate surface area is 163 Å². The van der Waals surface area contributed by atoms with Crippen LogP contribution in [0.2, 0.25) is 0 Å². The van der Waals surface area contributed by atoms with Gasteiger partial charge < -0.3 is 9.32 Å². The minimum Gasteiger partial charge on any atom is -0.463 e. The van der Waals surface area contributed by atoms with Crippen LogP contribution in [-0.4, -0.2) is 27.1 Å². The molecule has 0 spiro atoms. The molecule has 3 aromatic rings. The second-order valence-corrected chi connectivity index (χ2v) is 8.06. The van der Waals surface area contributed by atoms with E-state index in [4.69, 9.17) is 4.42 Å². The van der Waals surface area contributed by atoms with Crippen LogP contribution in [0.4, 0.5) is 0 Å². The average Bonchev–Trinajstić information content (AvgIpc) is 3.11. The summed E-state index contributed by atoms with van der Waals surface area (Å²) in [6.45, 7) is 7.52. The lowest BCUT2D eigenvalue weighted by Crippen LogP contribution is -2.36. The van der Waals surface area contributed by atoms with Crippen molar-refractivity contribution in [3.63, 3.8) is 0 Å². The fourth-order valence-electron chi connectivity index (χ4n) is 3.57. The highest BCUT2D eigenvalue weighted by atomic mass is 16.3. The third-order valence-electron chi connectivity index (χ3n) is 4.99. The van der Waals surface area contributed by atoms with Crippen LogP contribution in [0.5, 0.6) is 0 Å². The first-order chi connectivity index (χ1) is 13.3. The zero-order valence-corrected chi connectivity index (χ0v) is 16.3. The molecule has 0 aliphatic carbocycles. The molecule has 6 heteroatoms. The summed E-state index contributed by atoms with van der Waals surface area (Å²) < 4.78 is 7.54. The van der Waals surface area contributed by atoms with Crippen LogP contribution in [0, 0.1) is 0 Å². The summed E-state index contributed by atoms with van der Waals surface area (Å²) in [5, 5.41) is 5.01. The summed E-state index contributed by atoms with van der Waals surface area (Å²) >= 11 is 0. The monoisotopic (exact) mass is 377 g/mol. The van der Waals surface area contributed by atoms with Crippen molar-refractivity contribution >= 4 is 23.0 Å². The first-order valence-electron chi connectivity index (χ1n) is 9.38. The van der Waals surface area contributed by atoms with Crippen molar-refractivity contribution in [2.24, 2.45) is 0 Å². The Bertz CT molecular complexity index is 1130. The lowest BCUT2D eigenvalue weighted by Gasteiger charge is -2.29. The maximum absolute atomic E-state index is 12.6. The van der Waals surface area contributed by atoms with Gasteiger partial charge in [-0.3, -0.25) is 14.3 Å². The van der Waals surface area contributed by atoms with Gasteiger partial charge in [0.2, 0.25) is 5.91 Å². The number of amides is 1. The van der Waals surface area contributed by atoms with Gasteiger partial charge in [0.05, 0.1) is 22.7 Å². The number of rotatable bonds is 2. The van der Waals surface area contributed by atoms with Gasteiger partial charge in [0, 0.05) is 36.8 Å². The van der Waals surface area contributed by atoms with E-state index in [0.717, 1.165) is 12.0 Å². The van der Waals surface area contributed by atoms with E-state index in [1.54, 1.807) is 23.1 Å². The smallest absolute Gasteiger partial charge is 0.246 e. The van der Waals surface area contributed by atoms with Crippen molar-refractivity contribution in [3.8, 4) is 0 Å². The van der Waals surface area contributed by atoms with Crippen LogP contribution in [0.1, 0.15) is 37.6 Å². The van der Waals surface area contributed by atoms with Gasteiger partial charge in [0.25, 0.3) is 0 Å². The van der Waals surface area contributed by atoms with Gasteiger partial charge in [-0.05, 0) is 39.0 Å². The number of benzene rings is 1. The van der Waals surface area contributed by atoms with Gasteiger partial charge >= 0.3 is 0 Å². The fraction of sp³-hybridized carbons (Fsp3) is 0.318. The van der Waals surface area contributed by atoms with Crippen LogP contribution in [-0.2, 0) is 23.3 Å². The molecule has 0 saturated heterocycles. The van der Waals surface area contributed by atoms with Crippen LogP contribution in [0.3, 0.4) is 0 Å². The second-order valence-electron chi connectivity index (χ2n) is 8.06. The molecule has 2 aromatic heterocycles. The van der Waals surface area contributed by atoms with Crippen molar-refractivity contribution in [1.29, 1.82) is 0 Å². The first-order valence-corrected chi connectivity index (χ1v) is 9.38. The number of nitrogens with zero attached hydrogens (tertiary/aromatic N) is 3. The highest BCUT2D eigenvalue weighted by molar-refractivity contribution is 5.92. The summed E-state index contributed by atoms with van der Waals surface area (Å²) in [6.07, 6.45) is 7.00. The summed E-state index contributed by atoms with van der Waals surface area (Å²) in [5.41, 5.74) is 2.95. The van der Waals surface area contributed by atoms with E-state index in [2.05, 4.69) is 25.9 Å². The second kappa shape index (κ2) is 6.78. The number of para-hydroxylation sites is 1. The molecule has 0 radical (unpaired) electrons. The maximum atomic E-state index is 12.6. The number of hydrogen-bond donors (Lipinski definition) is 0. The standard InChI is InChI=1S/C22H23N3O3/c1-22(2,3)25-18-10-11-24(13-16(18)12-23-25)20(26)9-8-15-14-28-19-7-5-4-6-17(19)21(15)27/h4-9,12,14H,10-11,13H2,1-3H3/b9-8+. The van der Waals surface area contributed by atoms with Crippen molar-refractivity contribution < 1.29 is 9.21 Å². The number of fused-ring (bicyclic) bond motifs is 2. The maximum Gasteiger partial charge on any atom is 0.246 e. The largest absolute Gasteiger partial charge is 0.463 e. The molecule has 0 N–H and O–H groups in total. The van der Waals surface area contributed by atoms with Gasteiger partial charge in [-0.1, -0.05) is 12.1 Å². The molecular weight excluding hydrogens is 354 g/mol. The van der Waals surface area contributed by atoms with Crippen LogP contribution in [0.25, 0.3) is 17.0 Å². The molecular formula is C22H23N3O3. The predicted molar refractivity (Wildman–Crippen MR) is 108 cm³/mol. The van der Waals surface area contributed by atoms with Crippen LogP contribution in [0.15, 0.2) is 52.0 Å². The Kier molecular flexibility index (Phi) is 4.41. The van der Waals surface area contributed by atoms with E-state index in [1.165, 1.54) is 24.1 Å². The Morgan fingerprint density at radius 2 is 2.04 bits per heavy atom. The van der Waals surface area contributed by atoms with Crippen molar-refractivity contribution in [1.82, 2.24) is 14.7 Å². The minimum atomic E-state index is -0.140. The van der Waals surface area contributed by atoms with Gasteiger partial charge in [-0.15, -0.1) is 0 Å². The highest BCUT2D eigenvalue weighted by Gasteiger charge is 2.26. The molecule has 0 bridgehead atoms. The SMILES string of the molecule is CC(C)(C)n1ncc2c1CCN(C(=O)/C=C/c1coc3ccccc3c1=O)C2. The summed E-state index contributed by atoms with van der Waals surface area (Å²) in [5.74, 6) is -0.123. The predicted octanol–water partition coefficient (Wildman–Crippen LogP) is 3.34. The van der Waals surface area contributed by atoms with Crippen molar-refractivity contribution in [2.45, 2.75) is 39.3 Å². The highest BCUT2D eigenvalue weighted by Crippen LogP contribution is 2.24. The van der Waals surface area contributed by atoms with E-state index in [0.29, 0.717) is 29.6 Å². The Morgan fingerprint density at radius 3 is 2.82 bits per heavy atom. The molecule has 28 heavy (non-hydrogen) atoms. The normalized spacial score (nSPS) is 14.6.